The van der Waals surface area contributed by atoms with Crippen molar-refractivity contribution in [1.82, 2.24) is 10.2 Å². The number of hydrogen-bond donors (Lipinski definition) is 2. The van der Waals surface area contributed by atoms with Crippen molar-refractivity contribution in [2.45, 2.75) is 59.4 Å². The average molecular weight is 270 g/mol. The van der Waals surface area contributed by atoms with Crippen molar-refractivity contribution in [3.63, 3.8) is 0 Å². The van der Waals surface area contributed by atoms with Gasteiger partial charge < -0.3 is 15.3 Å². The van der Waals surface area contributed by atoms with Gasteiger partial charge in [0, 0.05) is 32.3 Å². The van der Waals surface area contributed by atoms with E-state index in [1.165, 1.54) is 32.2 Å². The number of aliphatic hydroxyl groups excluding tert-OH is 1. The summed E-state index contributed by atoms with van der Waals surface area (Å²) >= 11 is 0. The standard InChI is InChI=1S/C16H34N2O/c1-5-8-16(4,12-17-14(2)3)13-18-9-6-7-15(10-18)11-19/h14-15,17,19H,5-13H2,1-4H3. The molecule has 3 nitrogen and oxygen atoms in total. The number of nitrogens with one attached hydrogen (secondary N) is 1. The third kappa shape index (κ3) is 6.24. The van der Waals surface area contributed by atoms with E-state index >= 15 is 0 Å². The summed E-state index contributed by atoms with van der Waals surface area (Å²) in [6.07, 6.45) is 4.95. The lowest BCUT2D eigenvalue weighted by Crippen LogP contribution is -2.47. The summed E-state index contributed by atoms with van der Waals surface area (Å²) in [6, 6.07) is 0.558. The maximum absolute atomic E-state index is 9.35. The van der Waals surface area contributed by atoms with Crippen LogP contribution in [0.3, 0.4) is 0 Å². The van der Waals surface area contributed by atoms with E-state index in [-0.39, 0.29) is 0 Å². The summed E-state index contributed by atoms with van der Waals surface area (Å²) in [4.78, 5) is 2.57. The molecular formula is C16H34N2O. The zero-order valence-corrected chi connectivity index (χ0v) is 13.4. The van der Waals surface area contributed by atoms with Gasteiger partial charge in [-0.05, 0) is 37.1 Å². The highest BCUT2D eigenvalue weighted by Gasteiger charge is 2.29. The van der Waals surface area contributed by atoms with E-state index < -0.39 is 0 Å². The van der Waals surface area contributed by atoms with Gasteiger partial charge in [-0.2, -0.15) is 0 Å². The minimum absolute atomic E-state index is 0.352. The Bertz CT molecular complexity index is 245. The molecular weight excluding hydrogens is 236 g/mol. The third-order valence-electron chi connectivity index (χ3n) is 4.26. The summed E-state index contributed by atoms with van der Waals surface area (Å²) in [6.45, 7) is 14.0. The summed E-state index contributed by atoms with van der Waals surface area (Å²) < 4.78 is 0. The summed E-state index contributed by atoms with van der Waals surface area (Å²) in [5, 5.41) is 13.0. The Morgan fingerprint density at radius 3 is 2.74 bits per heavy atom. The van der Waals surface area contributed by atoms with Gasteiger partial charge in [-0.3, -0.25) is 0 Å². The van der Waals surface area contributed by atoms with E-state index in [2.05, 4.69) is 37.9 Å². The van der Waals surface area contributed by atoms with Crippen LogP contribution >= 0.6 is 0 Å². The van der Waals surface area contributed by atoms with Crippen LogP contribution in [0.15, 0.2) is 0 Å². The minimum Gasteiger partial charge on any atom is -0.396 e. The van der Waals surface area contributed by atoms with Crippen LogP contribution in [0.25, 0.3) is 0 Å². The SMILES string of the molecule is CCCC(C)(CNC(C)C)CN1CCCC(CO)C1. The molecule has 114 valence electrons. The predicted octanol–water partition coefficient (Wildman–Crippen LogP) is 2.50. The van der Waals surface area contributed by atoms with Crippen LogP contribution < -0.4 is 5.32 Å². The van der Waals surface area contributed by atoms with Crippen LogP contribution in [-0.2, 0) is 0 Å². The van der Waals surface area contributed by atoms with Crippen molar-refractivity contribution < 1.29 is 5.11 Å². The van der Waals surface area contributed by atoms with E-state index in [1.807, 2.05) is 0 Å². The van der Waals surface area contributed by atoms with E-state index in [0.29, 0.717) is 24.0 Å². The lowest BCUT2D eigenvalue weighted by atomic mass is 9.83. The Hall–Kier alpha value is -0.120. The van der Waals surface area contributed by atoms with Crippen LogP contribution in [-0.4, -0.2) is 48.8 Å². The smallest absolute Gasteiger partial charge is 0.0471 e. The van der Waals surface area contributed by atoms with E-state index in [1.54, 1.807) is 0 Å². The molecule has 1 rings (SSSR count). The molecule has 0 aromatic carbocycles. The van der Waals surface area contributed by atoms with Crippen LogP contribution in [0.2, 0.25) is 0 Å². The first-order valence-electron chi connectivity index (χ1n) is 8.05. The molecule has 0 saturated carbocycles. The van der Waals surface area contributed by atoms with E-state index in [0.717, 1.165) is 19.6 Å². The number of nitrogens with zero attached hydrogens (tertiary/aromatic N) is 1. The Kier molecular flexibility index (Phi) is 7.33. The fraction of sp³-hybridized carbons (Fsp3) is 1.00. The zero-order valence-electron chi connectivity index (χ0n) is 13.4. The molecule has 1 fully saturated rings. The van der Waals surface area contributed by atoms with Crippen LogP contribution in [0, 0.1) is 11.3 Å². The summed E-state index contributed by atoms with van der Waals surface area (Å²) in [7, 11) is 0. The topological polar surface area (TPSA) is 35.5 Å². The molecule has 0 aromatic heterocycles. The van der Waals surface area contributed by atoms with Gasteiger partial charge in [-0.1, -0.05) is 34.1 Å². The van der Waals surface area contributed by atoms with Crippen molar-refractivity contribution >= 4 is 0 Å². The number of hydrogen-bond acceptors (Lipinski definition) is 3. The van der Waals surface area contributed by atoms with Gasteiger partial charge in [0.1, 0.15) is 0 Å². The highest BCUT2D eigenvalue weighted by atomic mass is 16.3. The predicted molar refractivity (Wildman–Crippen MR) is 82.4 cm³/mol. The van der Waals surface area contributed by atoms with Crippen molar-refractivity contribution in [1.29, 1.82) is 0 Å². The molecule has 0 spiro atoms. The molecule has 2 unspecified atom stereocenters. The number of likely N-dealkylation sites (tertiary alicyclic amines) is 1. The third-order valence-corrected chi connectivity index (χ3v) is 4.26. The Morgan fingerprint density at radius 2 is 2.16 bits per heavy atom. The van der Waals surface area contributed by atoms with Gasteiger partial charge in [-0.25, -0.2) is 0 Å². The van der Waals surface area contributed by atoms with Gasteiger partial charge in [0.05, 0.1) is 0 Å². The summed E-state index contributed by atoms with van der Waals surface area (Å²) in [5.74, 6) is 0.498. The molecule has 0 amide bonds. The first kappa shape index (κ1) is 16.9. The molecule has 0 aliphatic carbocycles. The van der Waals surface area contributed by atoms with Gasteiger partial charge >= 0.3 is 0 Å². The largest absolute Gasteiger partial charge is 0.396 e. The number of piperidine rings is 1. The van der Waals surface area contributed by atoms with Gasteiger partial charge in [0.25, 0.3) is 0 Å². The first-order valence-corrected chi connectivity index (χ1v) is 8.05. The molecule has 3 heteroatoms. The molecule has 2 atom stereocenters. The Labute approximate surface area is 119 Å². The summed E-state index contributed by atoms with van der Waals surface area (Å²) in [5.41, 5.74) is 0.358. The molecule has 1 aliphatic heterocycles. The van der Waals surface area contributed by atoms with E-state index in [9.17, 15) is 5.11 Å². The molecule has 1 heterocycles. The van der Waals surface area contributed by atoms with Crippen LogP contribution in [0.4, 0.5) is 0 Å². The second-order valence-electron chi connectivity index (χ2n) is 7.02. The van der Waals surface area contributed by atoms with Gasteiger partial charge in [0.15, 0.2) is 0 Å². The molecule has 0 aromatic rings. The monoisotopic (exact) mass is 270 g/mol. The van der Waals surface area contributed by atoms with Crippen molar-refractivity contribution in [2.24, 2.45) is 11.3 Å². The molecule has 1 saturated heterocycles. The van der Waals surface area contributed by atoms with Gasteiger partial charge in [-0.15, -0.1) is 0 Å². The van der Waals surface area contributed by atoms with Gasteiger partial charge in [0.2, 0.25) is 0 Å². The molecule has 0 radical (unpaired) electrons. The molecule has 19 heavy (non-hydrogen) atoms. The van der Waals surface area contributed by atoms with Crippen LogP contribution in [0.1, 0.15) is 53.4 Å². The second kappa shape index (κ2) is 8.23. The lowest BCUT2D eigenvalue weighted by Gasteiger charge is -2.40. The maximum atomic E-state index is 9.35. The van der Waals surface area contributed by atoms with Crippen molar-refractivity contribution in [2.75, 3.05) is 32.8 Å². The van der Waals surface area contributed by atoms with E-state index in [4.69, 9.17) is 0 Å². The Balaban J connectivity index is 2.51. The molecule has 2 N–H and O–H groups in total. The van der Waals surface area contributed by atoms with Crippen molar-refractivity contribution in [3.8, 4) is 0 Å². The van der Waals surface area contributed by atoms with Crippen molar-refractivity contribution in [3.05, 3.63) is 0 Å². The molecule has 0 bridgehead atoms. The minimum atomic E-state index is 0.352. The number of rotatable bonds is 8. The second-order valence-corrected chi connectivity index (χ2v) is 7.02. The average Bonchev–Trinajstić information content (AvgIpc) is 2.37. The fourth-order valence-corrected chi connectivity index (χ4v) is 3.26. The molecule has 1 aliphatic rings. The maximum Gasteiger partial charge on any atom is 0.0471 e. The van der Waals surface area contributed by atoms with Crippen LogP contribution in [0.5, 0.6) is 0 Å². The normalized spacial score (nSPS) is 24.6. The highest BCUT2D eigenvalue weighted by molar-refractivity contribution is 4.84. The first-order chi connectivity index (χ1) is 8.99. The zero-order chi connectivity index (χ0) is 14.3. The number of aliphatic hydroxyl groups is 1. The highest BCUT2D eigenvalue weighted by Crippen LogP contribution is 2.27. The fourth-order valence-electron chi connectivity index (χ4n) is 3.26. The lowest BCUT2D eigenvalue weighted by molar-refractivity contribution is 0.0786. The Morgan fingerprint density at radius 1 is 1.42 bits per heavy atom. The quantitative estimate of drug-likeness (QED) is 0.711.